The lowest BCUT2D eigenvalue weighted by atomic mass is 10.3. The van der Waals surface area contributed by atoms with Crippen LogP contribution >= 0.6 is 11.8 Å². The van der Waals surface area contributed by atoms with Gasteiger partial charge in [-0.3, -0.25) is 9.69 Å². The fraction of sp³-hybridized carbons (Fsp3) is 0.643. The molecule has 0 saturated carbocycles. The number of nitrogens with zero attached hydrogens (tertiary/aromatic N) is 5. The van der Waals surface area contributed by atoms with E-state index in [1.165, 1.54) is 0 Å². The predicted molar refractivity (Wildman–Crippen MR) is 87.9 cm³/mol. The summed E-state index contributed by atoms with van der Waals surface area (Å²) in [5.41, 5.74) is 0. The second-order valence-electron chi connectivity index (χ2n) is 5.49. The molecule has 0 aromatic carbocycles. The van der Waals surface area contributed by atoms with Gasteiger partial charge in [0.15, 0.2) is 0 Å². The van der Waals surface area contributed by atoms with E-state index in [2.05, 4.69) is 25.8 Å². The van der Waals surface area contributed by atoms with E-state index < -0.39 is 5.97 Å². The van der Waals surface area contributed by atoms with Crippen molar-refractivity contribution in [3.8, 4) is 0 Å². The van der Waals surface area contributed by atoms with Gasteiger partial charge < -0.3 is 14.9 Å². The molecule has 7 nitrogen and oxygen atoms in total. The zero-order valence-electron chi connectivity index (χ0n) is 12.5. The van der Waals surface area contributed by atoms with Crippen LogP contribution in [0.3, 0.4) is 0 Å². The first-order valence-electron chi connectivity index (χ1n) is 7.56. The van der Waals surface area contributed by atoms with Crippen LogP contribution in [0.2, 0.25) is 0 Å². The van der Waals surface area contributed by atoms with Crippen molar-refractivity contribution >= 4 is 29.4 Å². The van der Waals surface area contributed by atoms with Gasteiger partial charge in [0, 0.05) is 56.8 Å². The Kier molecular flexibility index (Phi) is 4.99. The number of carbonyl (C=O) groups is 1. The Morgan fingerprint density at radius 3 is 2.23 bits per heavy atom. The molecule has 0 unspecified atom stereocenters. The molecule has 0 spiro atoms. The molecule has 3 rings (SSSR count). The molecule has 1 N–H and O–H groups in total. The molecular weight excluding hydrogens is 302 g/mol. The van der Waals surface area contributed by atoms with Gasteiger partial charge in [-0.1, -0.05) is 0 Å². The quantitative estimate of drug-likeness (QED) is 0.845. The van der Waals surface area contributed by atoms with Gasteiger partial charge in [-0.2, -0.15) is 11.8 Å². The van der Waals surface area contributed by atoms with Crippen molar-refractivity contribution in [2.75, 3.05) is 67.1 Å². The van der Waals surface area contributed by atoms with Crippen molar-refractivity contribution in [3.05, 3.63) is 12.4 Å². The molecular formula is C14H21N5O2S. The minimum Gasteiger partial charge on any atom is -0.480 e. The van der Waals surface area contributed by atoms with Crippen LogP contribution in [0.5, 0.6) is 0 Å². The second kappa shape index (κ2) is 7.15. The normalized spacial score (nSPS) is 20.2. The Balaban J connectivity index is 1.62. The zero-order chi connectivity index (χ0) is 15.4. The van der Waals surface area contributed by atoms with Crippen LogP contribution in [0.1, 0.15) is 0 Å². The Morgan fingerprint density at radius 1 is 1.05 bits per heavy atom. The third-order valence-electron chi connectivity index (χ3n) is 4.03. The third-order valence-corrected chi connectivity index (χ3v) is 4.97. The lowest BCUT2D eigenvalue weighted by molar-refractivity contribution is -0.138. The maximum Gasteiger partial charge on any atom is 0.317 e. The molecule has 2 saturated heterocycles. The zero-order valence-corrected chi connectivity index (χ0v) is 13.3. The number of hydrogen-bond acceptors (Lipinski definition) is 7. The van der Waals surface area contributed by atoms with Gasteiger partial charge in [0.2, 0.25) is 0 Å². The highest BCUT2D eigenvalue weighted by Crippen LogP contribution is 2.21. The standard InChI is InChI=1S/C14H21N5O2S/c20-14(21)10-17-1-3-18(4-2-17)12-9-13(16-11-15-12)19-5-7-22-8-6-19/h9,11H,1-8,10H2,(H,20,21). The minimum atomic E-state index is -0.763. The number of aliphatic carboxylic acids is 1. The molecule has 0 atom stereocenters. The average molecular weight is 323 g/mol. The molecule has 2 aliphatic rings. The maximum absolute atomic E-state index is 10.8. The van der Waals surface area contributed by atoms with Gasteiger partial charge >= 0.3 is 5.97 Å². The summed E-state index contributed by atoms with van der Waals surface area (Å²) in [7, 11) is 0. The monoisotopic (exact) mass is 323 g/mol. The van der Waals surface area contributed by atoms with E-state index in [-0.39, 0.29) is 6.54 Å². The smallest absolute Gasteiger partial charge is 0.317 e. The van der Waals surface area contributed by atoms with E-state index in [1.807, 2.05) is 16.7 Å². The molecule has 1 aromatic rings. The third kappa shape index (κ3) is 3.80. The lowest BCUT2D eigenvalue weighted by Gasteiger charge is -2.35. The van der Waals surface area contributed by atoms with E-state index in [9.17, 15) is 4.79 Å². The Labute approximate surface area is 134 Å². The van der Waals surface area contributed by atoms with Crippen molar-refractivity contribution in [2.45, 2.75) is 0 Å². The fourth-order valence-electron chi connectivity index (χ4n) is 2.80. The van der Waals surface area contributed by atoms with Crippen LogP contribution < -0.4 is 9.80 Å². The van der Waals surface area contributed by atoms with Crippen molar-refractivity contribution in [1.82, 2.24) is 14.9 Å². The highest BCUT2D eigenvalue weighted by molar-refractivity contribution is 7.99. The van der Waals surface area contributed by atoms with Gasteiger partial charge in [0.25, 0.3) is 0 Å². The van der Waals surface area contributed by atoms with Gasteiger partial charge in [-0.25, -0.2) is 9.97 Å². The predicted octanol–water partition coefficient (Wildman–Crippen LogP) is 0.236. The van der Waals surface area contributed by atoms with E-state index >= 15 is 0 Å². The van der Waals surface area contributed by atoms with Crippen LogP contribution in [-0.4, -0.2) is 83.3 Å². The van der Waals surface area contributed by atoms with Crippen molar-refractivity contribution in [1.29, 1.82) is 0 Å². The number of aromatic nitrogens is 2. The van der Waals surface area contributed by atoms with Crippen molar-refractivity contribution in [2.24, 2.45) is 0 Å². The number of carboxylic acid groups (broad SMARTS) is 1. The number of hydrogen-bond donors (Lipinski definition) is 1. The SMILES string of the molecule is O=C(O)CN1CCN(c2cc(N3CCSCC3)ncn2)CC1. The Hall–Kier alpha value is -1.54. The maximum atomic E-state index is 10.8. The highest BCUT2D eigenvalue weighted by atomic mass is 32.2. The highest BCUT2D eigenvalue weighted by Gasteiger charge is 2.21. The molecule has 1 aromatic heterocycles. The molecule has 2 aliphatic heterocycles. The number of thioether (sulfide) groups is 1. The van der Waals surface area contributed by atoms with Crippen LogP contribution in [0, 0.1) is 0 Å². The molecule has 120 valence electrons. The Bertz CT molecular complexity index is 516. The van der Waals surface area contributed by atoms with Gasteiger partial charge in [0.1, 0.15) is 18.0 Å². The first kappa shape index (κ1) is 15.4. The number of piperazine rings is 1. The fourth-order valence-corrected chi connectivity index (χ4v) is 3.70. The van der Waals surface area contributed by atoms with Crippen molar-refractivity contribution < 1.29 is 9.90 Å². The second-order valence-corrected chi connectivity index (χ2v) is 6.72. The van der Waals surface area contributed by atoms with Gasteiger partial charge in [-0.15, -0.1) is 0 Å². The topological polar surface area (TPSA) is 72.8 Å². The largest absolute Gasteiger partial charge is 0.480 e. The molecule has 8 heteroatoms. The number of anilines is 2. The summed E-state index contributed by atoms with van der Waals surface area (Å²) in [6.45, 7) is 5.31. The summed E-state index contributed by atoms with van der Waals surface area (Å²) in [5.74, 6) is 3.47. The molecule has 0 bridgehead atoms. The molecule has 3 heterocycles. The van der Waals surface area contributed by atoms with Crippen LogP contribution in [0.15, 0.2) is 12.4 Å². The Morgan fingerprint density at radius 2 is 1.64 bits per heavy atom. The molecule has 0 amide bonds. The summed E-state index contributed by atoms with van der Waals surface area (Å²) < 4.78 is 0. The summed E-state index contributed by atoms with van der Waals surface area (Å²) in [5, 5.41) is 8.85. The van der Waals surface area contributed by atoms with Crippen LogP contribution in [0.4, 0.5) is 11.6 Å². The molecule has 0 radical (unpaired) electrons. The first-order valence-corrected chi connectivity index (χ1v) is 8.72. The number of carboxylic acids is 1. The van der Waals surface area contributed by atoms with E-state index in [0.29, 0.717) is 0 Å². The average Bonchev–Trinajstić information content (AvgIpc) is 2.56. The summed E-state index contributed by atoms with van der Waals surface area (Å²) in [6, 6.07) is 2.06. The minimum absolute atomic E-state index is 0.119. The van der Waals surface area contributed by atoms with Crippen molar-refractivity contribution in [3.63, 3.8) is 0 Å². The van der Waals surface area contributed by atoms with Crippen LogP contribution in [-0.2, 0) is 4.79 Å². The summed E-state index contributed by atoms with van der Waals surface area (Å²) in [4.78, 5) is 26.0. The first-order chi connectivity index (χ1) is 10.7. The van der Waals surface area contributed by atoms with E-state index in [4.69, 9.17) is 5.11 Å². The summed E-state index contributed by atoms with van der Waals surface area (Å²) >= 11 is 1.98. The lowest BCUT2D eigenvalue weighted by Crippen LogP contribution is -2.48. The van der Waals surface area contributed by atoms with Crippen LogP contribution in [0.25, 0.3) is 0 Å². The summed E-state index contributed by atoms with van der Waals surface area (Å²) in [6.07, 6.45) is 1.63. The van der Waals surface area contributed by atoms with E-state index in [0.717, 1.165) is 62.4 Å². The molecule has 22 heavy (non-hydrogen) atoms. The van der Waals surface area contributed by atoms with E-state index in [1.54, 1.807) is 6.33 Å². The van der Waals surface area contributed by atoms with Gasteiger partial charge in [-0.05, 0) is 0 Å². The molecule has 0 aliphatic carbocycles. The van der Waals surface area contributed by atoms with Gasteiger partial charge in [0.05, 0.1) is 6.54 Å². The molecule has 2 fully saturated rings. The number of rotatable bonds is 4.